The normalized spacial score (nSPS) is 15.3. The van der Waals surface area contributed by atoms with Crippen molar-refractivity contribution in [2.75, 3.05) is 5.73 Å². The van der Waals surface area contributed by atoms with E-state index in [2.05, 4.69) is 17.0 Å². The lowest BCUT2D eigenvalue weighted by Gasteiger charge is -2.10. The Kier molecular flexibility index (Phi) is 5.22. The fourth-order valence-corrected chi connectivity index (χ4v) is 4.17. The van der Waals surface area contributed by atoms with Crippen molar-refractivity contribution in [1.82, 2.24) is 14.6 Å². The number of nitrogens with two attached hydrogens (primary N) is 1. The van der Waals surface area contributed by atoms with Crippen LogP contribution in [-0.4, -0.2) is 20.4 Å². The van der Waals surface area contributed by atoms with Gasteiger partial charge in [-0.1, -0.05) is 54.7 Å². The van der Waals surface area contributed by atoms with Crippen molar-refractivity contribution in [3.63, 3.8) is 0 Å². The van der Waals surface area contributed by atoms with E-state index in [1.54, 1.807) is 6.08 Å². The Bertz CT molecular complexity index is 1230. The van der Waals surface area contributed by atoms with Crippen molar-refractivity contribution in [2.45, 2.75) is 26.2 Å². The molecule has 0 amide bonds. The number of hydrogen-bond donors (Lipinski definition) is 1. The lowest BCUT2D eigenvalue weighted by atomic mass is 9.95. The molecule has 0 unspecified atom stereocenters. The quantitative estimate of drug-likeness (QED) is 0.659. The largest absolute Gasteiger partial charge is 0.383 e. The average Bonchev–Trinajstić information content (AvgIpc) is 3.11. The van der Waals surface area contributed by atoms with Crippen LogP contribution in [0.25, 0.3) is 11.0 Å². The number of anilines is 1. The van der Waals surface area contributed by atoms with E-state index < -0.39 is 5.56 Å². The van der Waals surface area contributed by atoms with Gasteiger partial charge in [-0.25, -0.2) is 0 Å². The van der Waals surface area contributed by atoms with Gasteiger partial charge in [0, 0.05) is 12.0 Å². The number of nitrogens with zero attached hydrogens (tertiary/aromatic N) is 3. The van der Waals surface area contributed by atoms with Crippen LogP contribution in [0, 0.1) is 0 Å². The number of aromatic nitrogens is 3. The molecular formula is C22H20N4O2S. The number of carbonyl (C=O) groups excluding carboxylic acids is 1. The minimum atomic E-state index is -0.456. The zero-order valence-electron chi connectivity index (χ0n) is 16.0. The number of aryl methyl sites for hydroxylation is 1. The summed E-state index contributed by atoms with van der Waals surface area (Å²) in [5.74, 6) is 0.0297. The van der Waals surface area contributed by atoms with Crippen molar-refractivity contribution in [2.24, 2.45) is 0 Å². The molecule has 2 heterocycles. The molecule has 29 heavy (non-hydrogen) atoms. The first-order valence-electron chi connectivity index (χ1n) is 9.42. The van der Waals surface area contributed by atoms with E-state index in [1.165, 1.54) is 28.0 Å². The SMILES string of the molecule is CCCc1nn2c(N)c(/C=C3\C=C(Cc4ccccc4)C=CC3=O)c(=O)nc2s1. The second-order valence-electron chi connectivity index (χ2n) is 6.83. The Morgan fingerprint density at radius 3 is 2.72 bits per heavy atom. The van der Waals surface area contributed by atoms with Crippen LogP contribution in [0.2, 0.25) is 0 Å². The van der Waals surface area contributed by atoms with Gasteiger partial charge in [0.2, 0.25) is 4.96 Å². The van der Waals surface area contributed by atoms with Crippen molar-refractivity contribution in [3.8, 4) is 0 Å². The lowest BCUT2D eigenvalue weighted by Crippen LogP contribution is -2.17. The van der Waals surface area contributed by atoms with Crippen molar-refractivity contribution < 1.29 is 4.79 Å². The van der Waals surface area contributed by atoms with Crippen LogP contribution in [0.5, 0.6) is 0 Å². The Morgan fingerprint density at radius 1 is 1.17 bits per heavy atom. The third-order valence-electron chi connectivity index (χ3n) is 4.62. The Balaban J connectivity index is 1.74. The molecule has 1 aromatic carbocycles. The van der Waals surface area contributed by atoms with Gasteiger partial charge < -0.3 is 5.73 Å². The zero-order valence-corrected chi connectivity index (χ0v) is 16.8. The summed E-state index contributed by atoms with van der Waals surface area (Å²) in [6.07, 6.45) is 9.08. The maximum absolute atomic E-state index is 12.6. The van der Waals surface area contributed by atoms with E-state index in [-0.39, 0.29) is 17.2 Å². The van der Waals surface area contributed by atoms with Crippen molar-refractivity contribution in [1.29, 1.82) is 0 Å². The van der Waals surface area contributed by atoms with Crippen LogP contribution in [0.15, 0.2) is 64.5 Å². The van der Waals surface area contributed by atoms with Gasteiger partial charge in [0.15, 0.2) is 5.78 Å². The average molecular weight is 404 g/mol. The molecule has 0 aliphatic heterocycles. The second-order valence-corrected chi connectivity index (χ2v) is 7.88. The predicted octanol–water partition coefficient (Wildman–Crippen LogP) is 3.38. The van der Waals surface area contributed by atoms with E-state index in [0.29, 0.717) is 17.0 Å². The summed E-state index contributed by atoms with van der Waals surface area (Å²) in [5.41, 5.74) is 8.49. The Hall–Kier alpha value is -3.32. The van der Waals surface area contributed by atoms with Crippen LogP contribution < -0.4 is 11.3 Å². The van der Waals surface area contributed by atoms with E-state index in [0.717, 1.165) is 29.0 Å². The molecule has 3 aromatic rings. The van der Waals surface area contributed by atoms with Crippen LogP contribution in [0.1, 0.15) is 29.5 Å². The minimum Gasteiger partial charge on any atom is -0.383 e. The molecule has 7 heteroatoms. The number of hydrogen-bond acceptors (Lipinski definition) is 6. The topological polar surface area (TPSA) is 90.4 Å². The van der Waals surface area contributed by atoms with Crippen LogP contribution in [-0.2, 0) is 17.6 Å². The summed E-state index contributed by atoms with van der Waals surface area (Å²) in [4.78, 5) is 29.5. The third kappa shape index (κ3) is 3.95. The monoisotopic (exact) mass is 404 g/mol. The van der Waals surface area contributed by atoms with Gasteiger partial charge >= 0.3 is 0 Å². The Morgan fingerprint density at radius 2 is 1.97 bits per heavy atom. The molecule has 1 aliphatic rings. The van der Waals surface area contributed by atoms with Gasteiger partial charge in [0.25, 0.3) is 5.56 Å². The van der Waals surface area contributed by atoms with E-state index in [9.17, 15) is 9.59 Å². The van der Waals surface area contributed by atoms with E-state index >= 15 is 0 Å². The number of fused-ring (bicyclic) bond motifs is 1. The maximum atomic E-state index is 12.6. The van der Waals surface area contributed by atoms with E-state index in [1.807, 2.05) is 36.4 Å². The highest BCUT2D eigenvalue weighted by atomic mass is 32.1. The molecule has 4 rings (SSSR count). The number of nitrogen functional groups attached to an aromatic ring is 1. The van der Waals surface area contributed by atoms with E-state index in [4.69, 9.17) is 5.73 Å². The highest BCUT2D eigenvalue weighted by molar-refractivity contribution is 7.16. The van der Waals surface area contributed by atoms with Crippen LogP contribution in [0.3, 0.4) is 0 Å². The van der Waals surface area contributed by atoms with Gasteiger partial charge in [-0.05, 0) is 42.2 Å². The smallest absolute Gasteiger partial charge is 0.283 e. The summed E-state index contributed by atoms with van der Waals surface area (Å²) in [7, 11) is 0. The molecular weight excluding hydrogens is 384 g/mol. The molecule has 0 bridgehead atoms. The lowest BCUT2D eigenvalue weighted by molar-refractivity contribution is -0.111. The van der Waals surface area contributed by atoms with Crippen molar-refractivity contribution in [3.05, 3.63) is 86.2 Å². The first-order chi connectivity index (χ1) is 14.0. The summed E-state index contributed by atoms with van der Waals surface area (Å²) >= 11 is 1.36. The molecule has 2 aromatic heterocycles. The fourth-order valence-electron chi connectivity index (χ4n) is 3.18. The molecule has 0 saturated heterocycles. The summed E-state index contributed by atoms with van der Waals surface area (Å²) < 4.78 is 1.49. The number of rotatable bonds is 5. The van der Waals surface area contributed by atoms with Gasteiger partial charge in [-0.3, -0.25) is 9.59 Å². The molecule has 6 nitrogen and oxygen atoms in total. The molecule has 0 saturated carbocycles. The number of ketones is 1. The summed E-state index contributed by atoms with van der Waals surface area (Å²) in [6.45, 7) is 2.06. The first-order valence-corrected chi connectivity index (χ1v) is 10.2. The highest BCUT2D eigenvalue weighted by Gasteiger charge is 2.16. The van der Waals surface area contributed by atoms with Crippen LogP contribution in [0.4, 0.5) is 5.82 Å². The van der Waals surface area contributed by atoms with Gasteiger partial charge in [0.05, 0.1) is 5.56 Å². The number of allylic oxidation sites excluding steroid dienone is 5. The highest BCUT2D eigenvalue weighted by Crippen LogP contribution is 2.22. The molecule has 0 fully saturated rings. The maximum Gasteiger partial charge on any atom is 0.283 e. The molecule has 2 N–H and O–H groups in total. The third-order valence-corrected chi connectivity index (χ3v) is 5.59. The molecule has 146 valence electrons. The van der Waals surface area contributed by atoms with Gasteiger partial charge in [0.1, 0.15) is 10.8 Å². The summed E-state index contributed by atoms with van der Waals surface area (Å²) in [5, 5.41) is 5.32. The molecule has 0 spiro atoms. The Labute approximate surface area is 171 Å². The first kappa shape index (κ1) is 19.0. The molecule has 0 radical (unpaired) electrons. The standard InChI is InChI=1S/C22H20N4O2S/c1-2-6-19-25-26-20(23)17(21(28)24-22(26)29-19)13-16-12-15(9-10-18(16)27)11-14-7-4-3-5-8-14/h3-5,7-10,12-13H,2,6,11,23H2,1H3/b16-13+. The molecule has 1 aliphatic carbocycles. The van der Waals surface area contributed by atoms with Gasteiger partial charge in [-0.2, -0.15) is 14.6 Å². The number of benzene rings is 1. The molecule has 0 atom stereocenters. The predicted molar refractivity (Wildman–Crippen MR) is 116 cm³/mol. The van der Waals surface area contributed by atoms with Crippen molar-refractivity contribution >= 4 is 34.0 Å². The fraction of sp³-hybridized carbons (Fsp3) is 0.182. The van der Waals surface area contributed by atoms with Gasteiger partial charge in [-0.15, -0.1) is 0 Å². The van der Waals surface area contributed by atoms with Crippen LogP contribution >= 0.6 is 11.3 Å². The second kappa shape index (κ2) is 7.97. The minimum absolute atomic E-state index is 0.171. The zero-order chi connectivity index (χ0) is 20.4. The number of carbonyl (C=O) groups is 1. The summed E-state index contributed by atoms with van der Waals surface area (Å²) in [6, 6.07) is 9.99.